The molecule has 0 heterocycles. The Morgan fingerprint density at radius 2 is 1.79 bits per heavy atom. The second-order valence-electron chi connectivity index (χ2n) is 5.56. The van der Waals surface area contributed by atoms with Crippen LogP contribution >= 0.6 is 0 Å². The number of amides is 1. The van der Waals surface area contributed by atoms with Crippen molar-refractivity contribution >= 4 is 17.3 Å². The van der Waals surface area contributed by atoms with Gasteiger partial charge in [-0.05, 0) is 44.0 Å². The van der Waals surface area contributed by atoms with Gasteiger partial charge in [-0.2, -0.15) is 5.26 Å². The number of nitrogens with zero attached hydrogens (tertiary/aromatic N) is 1. The number of hydrogen-bond acceptors (Lipinski definition) is 4. The maximum atomic E-state index is 12.2. The van der Waals surface area contributed by atoms with E-state index in [9.17, 15) is 15.2 Å². The van der Waals surface area contributed by atoms with E-state index in [0.717, 1.165) is 22.4 Å². The zero-order valence-electron chi connectivity index (χ0n) is 13.8. The summed E-state index contributed by atoms with van der Waals surface area (Å²) < 4.78 is 0. The average molecular weight is 321 g/mol. The molecule has 24 heavy (non-hydrogen) atoms. The minimum atomic E-state index is -0.589. The van der Waals surface area contributed by atoms with Crippen LogP contribution in [0.2, 0.25) is 0 Å². The van der Waals surface area contributed by atoms with E-state index in [2.05, 4.69) is 10.6 Å². The highest BCUT2D eigenvalue weighted by molar-refractivity contribution is 6.07. The molecule has 122 valence electrons. The summed E-state index contributed by atoms with van der Waals surface area (Å²) in [5, 5.41) is 24.5. The molecular formula is C19H19N3O2. The van der Waals surface area contributed by atoms with Gasteiger partial charge in [-0.25, -0.2) is 0 Å². The highest BCUT2D eigenvalue weighted by Gasteiger charge is 2.12. The van der Waals surface area contributed by atoms with Crippen molar-refractivity contribution in [2.24, 2.45) is 0 Å². The van der Waals surface area contributed by atoms with Crippen LogP contribution < -0.4 is 10.6 Å². The van der Waals surface area contributed by atoms with Crippen LogP contribution in [0.15, 0.2) is 48.2 Å². The van der Waals surface area contributed by atoms with Crippen LogP contribution in [0.1, 0.15) is 16.7 Å². The highest BCUT2D eigenvalue weighted by Crippen LogP contribution is 2.23. The lowest BCUT2D eigenvalue weighted by Gasteiger charge is -2.11. The molecule has 0 spiro atoms. The molecule has 0 aliphatic rings. The Labute approximate surface area is 141 Å². The molecule has 5 nitrogen and oxygen atoms in total. The number of aromatic hydroxyl groups is 1. The van der Waals surface area contributed by atoms with Gasteiger partial charge in [-0.15, -0.1) is 0 Å². The highest BCUT2D eigenvalue weighted by atomic mass is 16.3. The first kappa shape index (κ1) is 17.1. The Morgan fingerprint density at radius 3 is 2.38 bits per heavy atom. The maximum absolute atomic E-state index is 12.2. The smallest absolute Gasteiger partial charge is 0.267 e. The molecule has 0 fully saturated rings. The lowest BCUT2D eigenvalue weighted by molar-refractivity contribution is -0.112. The van der Waals surface area contributed by atoms with E-state index in [1.165, 1.54) is 12.3 Å². The Kier molecular flexibility index (Phi) is 5.23. The number of hydrogen-bond donors (Lipinski definition) is 3. The van der Waals surface area contributed by atoms with E-state index in [1.54, 1.807) is 18.2 Å². The van der Waals surface area contributed by atoms with Gasteiger partial charge in [-0.1, -0.05) is 29.8 Å². The first-order valence-electron chi connectivity index (χ1n) is 7.46. The fourth-order valence-corrected chi connectivity index (χ4v) is 2.47. The van der Waals surface area contributed by atoms with Crippen molar-refractivity contribution in [2.45, 2.75) is 20.8 Å². The predicted molar refractivity (Wildman–Crippen MR) is 94.7 cm³/mol. The monoisotopic (exact) mass is 321 g/mol. The van der Waals surface area contributed by atoms with Gasteiger partial charge in [0.1, 0.15) is 17.4 Å². The molecule has 0 saturated carbocycles. The molecule has 2 aromatic carbocycles. The third kappa shape index (κ3) is 3.93. The molecule has 1 amide bonds. The molecule has 0 saturated heterocycles. The minimum Gasteiger partial charge on any atom is -0.506 e. The van der Waals surface area contributed by atoms with E-state index < -0.39 is 5.91 Å². The molecule has 0 bridgehead atoms. The fraction of sp³-hybridized carbons (Fsp3) is 0.158. The van der Waals surface area contributed by atoms with E-state index in [1.807, 2.05) is 39.0 Å². The first-order chi connectivity index (χ1) is 11.4. The van der Waals surface area contributed by atoms with Crippen molar-refractivity contribution in [1.29, 1.82) is 5.26 Å². The second kappa shape index (κ2) is 7.34. The van der Waals surface area contributed by atoms with Gasteiger partial charge in [-0.3, -0.25) is 4.79 Å². The van der Waals surface area contributed by atoms with E-state index in [-0.39, 0.29) is 17.0 Å². The normalized spacial score (nSPS) is 10.8. The summed E-state index contributed by atoms with van der Waals surface area (Å²) in [4.78, 5) is 12.2. The first-order valence-corrected chi connectivity index (χ1v) is 7.46. The lowest BCUT2D eigenvalue weighted by Crippen LogP contribution is -2.14. The van der Waals surface area contributed by atoms with Crippen molar-refractivity contribution in [2.75, 3.05) is 10.6 Å². The quantitative estimate of drug-likeness (QED) is 0.454. The molecule has 0 radical (unpaired) electrons. The second-order valence-corrected chi connectivity index (χ2v) is 5.56. The Morgan fingerprint density at radius 1 is 1.17 bits per heavy atom. The van der Waals surface area contributed by atoms with Gasteiger partial charge >= 0.3 is 0 Å². The Bertz CT molecular complexity index is 825. The number of rotatable bonds is 4. The van der Waals surface area contributed by atoms with Crippen molar-refractivity contribution < 1.29 is 9.90 Å². The zero-order valence-corrected chi connectivity index (χ0v) is 13.8. The average Bonchev–Trinajstić information content (AvgIpc) is 2.52. The van der Waals surface area contributed by atoms with Crippen molar-refractivity contribution in [3.05, 3.63) is 64.9 Å². The third-order valence-corrected chi connectivity index (χ3v) is 3.56. The number of carbonyl (C=O) groups excluding carboxylic acids is 1. The number of anilines is 2. The molecule has 3 N–H and O–H groups in total. The topological polar surface area (TPSA) is 85.2 Å². The molecule has 5 heteroatoms. The van der Waals surface area contributed by atoms with E-state index in [4.69, 9.17) is 0 Å². The third-order valence-electron chi connectivity index (χ3n) is 3.56. The number of nitriles is 1. The fourth-order valence-electron chi connectivity index (χ4n) is 2.47. The SMILES string of the molecule is Cc1cc(C)c(N/C=C(/C#N)C(=O)Nc2ccccc2O)c(C)c1. The number of nitrogens with one attached hydrogen (secondary N) is 2. The van der Waals surface area contributed by atoms with Crippen LogP contribution in [0, 0.1) is 32.1 Å². The van der Waals surface area contributed by atoms with E-state index in [0.29, 0.717) is 0 Å². The summed E-state index contributed by atoms with van der Waals surface area (Å²) in [6.45, 7) is 5.94. The summed E-state index contributed by atoms with van der Waals surface area (Å²) >= 11 is 0. The molecular weight excluding hydrogens is 302 g/mol. The maximum Gasteiger partial charge on any atom is 0.267 e. The van der Waals surface area contributed by atoms with Gasteiger partial charge in [0.05, 0.1) is 5.69 Å². The summed E-state index contributed by atoms with van der Waals surface area (Å²) in [6.07, 6.45) is 1.37. The van der Waals surface area contributed by atoms with Gasteiger partial charge in [0.25, 0.3) is 5.91 Å². The molecule has 0 unspecified atom stereocenters. The summed E-state index contributed by atoms with van der Waals surface area (Å²) in [5.41, 5.74) is 4.24. The summed E-state index contributed by atoms with van der Waals surface area (Å²) in [6, 6.07) is 12.3. The van der Waals surface area contributed by atoms with Crippen molar-refractivity contribution in [3.8, 4) is 11.8 Å². The predicted octanol–water partition coefficient (Wildman–Crippen LogP) is 3.78. The van der Waals surface area contributed by atoms with Gasteiger partial charge in [0, 0.05) is 11.9 Å². The van der Waals surface area contributed by atoms with Crippen LogP contribution in [0.3, 0.4) is 0 Å². The Balaban J connectivity index is 2.20. The Hall–Kier alpha value is -3.26. The van der Waals surface area contributed by atoms with E-state index >= 15 is 0 Å². The van der Waals surface area contributed by atoms with Crippen LogP contribution in [0.25, 0.3) is 0 Å². The molecule has 2 rings (SSSR count). The summed E-state index contributed by atoms with van der Waals surface area (Å²) in [5.74, 6) is -0.643. The van der Waals surface area contributed by atoms with Gasteiger partial charge in [0.15, 0.2) is 0 Å². The zero-order chi connectivity index (χ0) is 17.7. The van der Waals surface area contributed by atoms with Gasteiger partial charge in [0.2, 0.25) is 0 Å². The minimum absolute atomic E-state index is 0.0543. The van der Waals surface area contributed by atoms with Crippen LogP contribution in [0.5, 0.6) is 5.75 Å². The van der Waals surface area contributed by atoms with Crippen LogP contribution in [-0.4, -0.2) is 11.0 Å². The number of phenolic OH excluding ortho intramolecular Hbond substituents is 1. The number of carbonyl (C=O) groups is 1. The van der Waals surface area contributed by atoms with Crippen LogP contribution in [-0.2, 0) is 4.79 Å². The molecule has 2 aromatic rings. The molecule has 0 aromatic heterocycles. The standard InChI is InChI=1S/C19H19N3O2/c1-12-8-13(2)18(14(3)9-12)21-11-15(10-20)19(24)22-16-6-4-5-7-17(16)23/h4-9,11,21,23H,1-3H3,(H,22,24)/b15-11-. The number of phenols is 1. The van der Waals surface area contributed by atoms with Gasteiger partial charge < -0.3 is 15.7 Å². The molecule has 0 aliphatic heterocycles. The molecule has 0 atom stereocenters. The number of para-hydroxylation sites is 2. The number of aryl methyl sites for hydroxylation is 3. The number of benzene rings is 2. The van der Waals surface area contributed by atoms with Crippen LogP contribution in [0.4, 0.5) is 11.4 Å². The van der Waals surface area contributed by atoms with Crippen molar-refractivity contribution in [3.63, 3.8) is 0 Å². The van der Waals surface area contributed by atoms with Crippen molar-refractivity contribution in [1.82, 2.24) is 0 Å². The summed E-state index contributed by atoms with van der Waals surface area (Å²) in [7, 11) is 0. The largest absolute Gasteiger partial charge is 0.506 e. The molecule has 0 aliphatic carbocycles. The lowest BCUT2D eigenvalue weighted by atomic mass is 10.1.